The first-order valence-corrected chi connectivity index (χ1v) is 5.43. The zero-order valence-electron chi connectivity index (χ0n) is 9.57. The highest BCUT2D eigenvalue weighted by molar-refractivity contribution is 5.66. The van der Waals surface area contributed by atoms with E-state index in [0.29, 0.717) is 6.42 Å². The summed E-state index contributed by atoms with van der Waals surface area (Å²) in [6.07, 6.45) is 1.84. The summed E-state index contributed by atoms with van der Waals surface area (Å²) >= 11 is 0. The van der Waals surface area contributed by atoms with E-state index in [0.717, 1.165) is 26.1 Å². The highest BCUT2D eigenvalue weighted by atomic mass is 16.4. The number of hydrogen-bond acceptors (Lipinski definition) is 3. The van der Waals surface area contributed by atoms with E-state index in [-0.39, 0.29) is 12.3 Å². The number of carboxylic acids is 1. The summed E-state index contributed by atoms with van der Waals surface area (Å²) in [7, 11) is 0. The maximum atomic E-state index is 10.3. The zero-order valence-corrected chi connectivity index (χ0v) is 9.57. The number of carbonyl (C=O) groups is 1. The van der Waals surface area contributed by atoms with Gasteiger partial charge in [-0.25, -0.2) is 0 Å². The van der Waals surface area contributed by atoms with Crippen molar-refractivity contribution >= 4 is 5.97 Å². The molecule has 0 aliphatic rings. The van der Waals surface area contributed by atoms with E-state index in [1.807, 2.05) is 6.92 Å². The lowest BCUT2D eigenvalue weighted by Gasteiger charge is -2.21. The first kappa shape index (κ1) is 13.9. The molecule has 0 aliphatic carbocycles. The number of hydrogen-bond donors (Lipinski definition) is 1. The molecule has 0 rings (SSSR count). The van der Waals surface area contributed by atoms with Crippen molar-refractivity contribution in [2.45, 2.75) is 33.1 Å². The number of aliphatic carboxylic acids is 1. The fraction of sp³-hybridized carbons (Fsp3) is 0.818. The lowest BCUT2D eigenvalue weighted by atomic mass is 10.1. The summed E-state index contributed by atoms with van der Waals surface area (Å²) in [6, 6.07) is 2.20. The first-order valence-electron chi connectivity index (χ1n) is 5.43. The summed E-state index contributed by atoms with van der Waals surface area (Å²) in [4.78, 5) is 12.5. The van der Waals surface area contributed by atoms with Crippen LogP contribution in [0.1, 0.15) is 33.1 Å². The molecule has 4 heteroatoms. The molecule has 1 atom stereocenters. The van der Waals surface area contributed by atoms with Gasteiger partial charge in [-0.2, -0.15) is 5.26 Å². The SMILES string of the molecule is CCN(CCCCC(=O)O)CC(C)C#N. The molecule has 0 bridgehead atoms. The molecule has 0 heterocycles. The fourth-order valence-electron chi connectivity index (χ4n) is 1.42. The van der Waals surface area contributed by atoms with Crippen LogP contribution >= 0.6 is 0 Å². The molecule has 0 spiro atoms. The van der Waals surface area contributed by atoms with E-state index in [4.69, 9.17) is 10.4 Å². The Morgan fingerprint density at radius 1 is 1.53 bits per heavy atom. The maximum Gasteiger partial charge on any atom is 0.303 e. The van der Waals surface area contributed by atoms with Gasteiger partial charge in [0.05, 0.1) is 12.0 Å². The van der Waals surface area contributed by atoms with Crippen LogP contribution in [0, 0.1) is 17.2 Å². The van der Waals surface area contributed by atoms with E-state index in [1.165, 1.54) is 0 Å². The molecule has 0 aromatic heterocycles. The largest absolute Gasteiger partial charge is 0.481 e. The maximum absolute atomic E-state index is 10.3. The average Bonchev–Trinajstić information content (AvgIpc) is 2.21. The van der Waals surface area contributed by atoms with Crippen LogP contribution in [0.15, 0.2) is 0 Å². The van der Waals surface area contributed by atoms with Crippen molar-refractivity contribution in [3.63, 3.8) is 0 Å². The van der Waals surface area contributed by atoms with Gasteiger partial charge in [-0.05, 0) is 32.9 Å². The van der Waals surface area contributed by atoms with E-state index >= 15 is 0 Å². The van der Waals surface area contributed by atoms with Gasteiger partial charge in [-0.1, -0.05) is 6.92 Å². The standard InChI is InChI=1S/C11H20N2O2/c1-3-13(9-10(2)8-12)7-5-4-6-11(14)15/h10H,3-7,9H2,1-2H3,(H,14,15). The molecule has 0 radical (unpaired) electrons. The summed E-state index contributed by atoms with van der Waals surface area (Å²) in [5, 5.41) is 17.1. The van der Waals surface area contributed by atoms with Crippen molar-refractivity contribution in [2.75, 3.05) is 19.6 Å². The number of unbranched alkanes of at least 4 members (excludes halogenated alkanes) is 1. The molecule has 0 amide bonds. The van der Waals surface area contributed by atoms with E-state index in [9.17, 15) is 4.79 Å². The molecule has 1 unspecified atom stereocenters. The van der Waals surface area contributed by atoms with Gasteiger partial charge in [0.1, 0.15) is 0 Å². The third-order valence-corrected chi connectivity index (χ3v) is 2.31. The van der Waals surface area contributed by atoms with Crippen molar-refractivity contribution < 1.29 is 9.90 Å². The minimum Gasteiger partial charge on any atom is -0.481 e. The van der Waals surface area contributed by atoms with Gasteiger partial charge in [-0.3, -0.25) is 4.79 Å². The Hall–Kier alpha value is -1.08. The Balaban J connectivity index is 3.62. The van der Waals surface area contributed by atoms with Gasteiger partial charge in [0.15, 0.2) is 0 Å². The quantitative estimate of drug-likeness (QED) is 0.622. The van der Waals surface area contributed by atoms with Crippen molar-refractivity contribution in [3.05, 3.63) is 0 Å². The molecule has 4 nitrogen and oxygen atoms in total. The minimum absolute atomic E-state index is 0.0458. The molecule has 0 saturated heterocycles. The third kappa shape index (κ3) is 7.95. The molecule has 0 aromatic rings. The van der Waals surface area contributed by atoms with Crippen LogP contribution in [0.4, 0.5) is 0 Å². The normalized spacial score (nSPS) is 12.4. The van der Waals surface area contributed by atoms with Crippen molar-refractivity contribution in [1.82, 2.24) is 4.90 Å². The topological polar surface area (TPSA) is 64.3 Å². The highest BCUT2D eigenvalue weighted by Gasteiger charge is 2.07. The second kappa shape index (κ2) is 8.25. The van der Waals surface area contributed by atoms with Crippen LogP contribution in [0.3, 0.4) is 0 Å². The molecule has 15 heavy (non-hydrogen) atoms. The lowest BCUT2D eigenvalue weighted by Crippen LogP contribution is -2.29. The molecular weight excluding hydrogens is 192 g/mol. The van der Waals surface area contributed by atoms with Gasteiger partial charge < -0.3 is 10.0 Å². The van der Waals surface area contributed by atoms with Crippen molar-refractivity contribution in [1.29, 1.82) is 5.26 Å². The number of rotatable bonds is 8. The molecule has 86 valence electrons. The predicted octanol–water partition coefficient (Wildman–Crippen LogP) is 1.72. The van der Waals surface area contributed by atoms with Crippen molar-refractivity contribution in [2.24, 2.45) is 5.92 Å². The van der Waals surface area contributed by atoms with Crippen LogP contribution in [-0.2, 0) is 4.79 Å². The Morgan fingerprint density at radius 2 is 2.20 bits per heavy atom. The summed E-state index contributed by atoms with van der Waals surface area (Å²) in [6.45, 7) is 6.54. The Bertz CT molecular complexity index is 223. The second-order valence-corrected chi connectivity index (χ2v) is 3.77. The number of nitrogens with zero attached hydrogens (tertiary/aromatic N) is 2. The third-order valence-electron chi connectivity index (χ3n) is 2.31. The monoisotopic (exact) mass is 212 g/mol. The summed E-state index contributed by atoms with van der Waals surface area (Å²) < 4.78 is 0. The number of nitriles is 1. The summed E-state index contributed by atoms with van der Waals surface area (Å²) in [5.41, 5.74) is 0. The van der Waals surface area contributed by atoms with E-state index < -0.39 is 5.97 Å². The van der Waals surface area contributed by atoms with Crippen molar-refractivity contribution in [3.8, 4) is 6.07 Å². The molecule has 0 aliphatic heterocycles. The van der Waals surface area contributed by atoms with Gasteiger partial charge >= 0.3 is 5.97 Å². The van der Waals surface area contributed by atoms with Crippen LogP contribution in [-0.4, -0.2) is 35.6 Å². The van der Waals surface area contributed by atoms with Gasteiger partial charge in [0, 0.05) is 13.0 Å². The molecule has 1 N–H and O–H groups in total. The van der Waals surface area contributed by atoms with Crippen LogP contribution in [0.2, 0.25) is 0 Å². The molecule has 0 fully saturated rings. The van der Waals surface area contributed by atoms with Crippen LogP contribution in [0.25, 0.3) is 0 Å². The predicted molar refractivity (Wildman–Crippen MR) is 58.4 cm³/mol. The van der Waals surface area contributed by atoms with Crippen LogP contribution in [0.5, 0.6) is 0 Å². The van der Waals surface area contributed by atoms with E-state index in [2.05, 4.69) is 17.9 Å². The van der Waals surface area contributed by atoms with Gasteiger partial charge in [0.2, 0.25) is 0 Å². The van der Waals surface area contributed by atoms with Gasteiger partial charge in [-0.15, -0.1) is 0 Å². The Morgan fingerprint density at radius 3 is 2.67 bits per heavy atom. The van der Waals surface area contributed by atoms with Crippen LogP contribution < -0.4 is 0 Å². The van der Waals surface area contributed by atoms with E-state index in [1.54, 1.807) is 0 Å². The first-order chi connectivity index (χ1) is 7.10. The lowest BCUT2D eigenvalue weighted by molar-refractivity contribution is -0.137. The molecular formula is C11H20N2O2. The summed E-state index contributed by atoms with van der Waals surface area (Å²) in [5.74, 6) is -0.687. The second-order valence-electron chi connectivity index (χ2n) is 3.77. The highest BCUT2D eigenvalue weighted by Crippen LogP contribution is 2.02. The fourth-order valence-corrected chi connectivity index (χ4v) is 1.42. The Kier molecular flexibility index (Phi) is 7.65. The zero-order chi connectivity index (χ0) is 11.7. The smallest absolute Gasteiger partial charge is 0.303 e. The molecule has 0 aromatic carbocycles. The van der Waals surface area contributed by atoms with Gasteiger partial charge in [0.25, 0.3) is 0 Å². The minimum atomic E-state index is -0.733. The Labute approximate surface area is 91.5 Å². The number of carboxylic acid groups (broad SMARTS) is 1. The molecule has 0 saturated carbocycles. The average molecular weight is 212 g/mol.